The van der Waals surface area contributed by atoms with Gasteiger partial charge in [0.2, 0.25) is 5.91 Å². The van der Waals surface area contributed by atoms with E-state index < -0.39 is 0 Å². The second-order valence-electron chi connectivity index (χ2n) is 4.24. The van der Waals surface area contributed by atoms with Crippen LogP contribution in [0.5, 0.6) is 0 Å². The van der Waals surface area contributed by atoms with Crippen LogP contribution in [-0.2, 0) is 4.79 Å². The van der Waals surface area contributed by atoms with E-state index >= 15 is 0 Å². The first-order valence-corrected chi connectivity index (χ1v) is 4.47. The molecule has 2 fully saturated rings. The molecule has 62 valence electrons. The highest BCUT2D eigenvalue weighted by Gasteiger charge is 2.42. The Bertz CT molecular complexity index is 186. The molecule has 0 spiro atoms. The molecule has 2 nitrogen and oxygen atoms in total. The van der Waals surface area contributed by atoms with E-state index in [1.54, 1.807) is 0 Å². The van der Waals surface area contributed by atoms with Crippen molar-refractivity contribution in [1.82, 2.24) is 5.32 Å². The van der Waals surface area contributed by atoms with Gasteiger partial charge in [-0.3, -0.25) is 4.79 Å². The lowest BCUT2D eigenvalue weighted by molar-refractivity contribution is -0.120. The van der Waals surface area contributed by atoms with Crippen LogP contribution in [0.2, 0.25) is 0 Å². The molecule has 1 saturated carbocycles. The van der Waals surface area contributed by atoms with Gasteiger partial charge in [-0.2, -0.15) is 0 Å². The van der Waals surface area contributed by atoms with Crippen LogP contribution in [0.4, 0.5) is 0 Å². The van der Waals surface area contributed by atoms with Crippen molar-refractivity contribution >= 4 is 5.91 Å². The van der Waals surface area contributed by atoms with Gasteiger partial charge in [0.05, 0.1) is 0 Å². The zero-order valence-electron chi connectivity index (χ0n) is 7.02. The quantitative estimate of drug-likeness (QED) is 0.604. The Labute approximate surface area is 67.4 Å². The van der Waals surface area contributed by atoms with Gasteiger partial charge in [-0.25, -0.2) is 0 Å². The van der Waals surface area contributed by atoms with Crippen molar-refractivity contribution in [1.29, 1.82) is 0 Å². The summed E-state index contributed by atoms with van der Waals surface area (Å²) in [5.74, 6) is 1.07. The number of nitrogens with one attached hydrogen (secondary N) is 1. The van der Waals surface area contributed by atoms with Gasteiger partial charge in [0.25, 0.3) is 0 Å². The molecule has 1 aliphatic carbocycles. The van der Waals surface area contributed by atoms with Crippen LogP contribution in [-0.4, -0.2) is 12.5 Å². The van der Waals surface area contributed by atoms with Crippen LogP contribution < -0.4 is 5.32 Å². The van der Waals surface area contributed by atoms with Crippen LogP contribution in [0.25, 0.3) is 0 Å². The van der Waals surface area contributed by atoms with Gasteiger partial charge >= 0.3 is 0 Å². The first-order valence-electron chi connectivity index (χ1n) is 4.47. The molecule has 0 aromatic heterocycles. The lowest BCUT2D eigenvalue weighted by Gasteiger charge is -2.38. The minimum atomic E-state index is 0.249. The van der Waals surface area contributed by atoms with Crippen molar-refractivity contribution in [3.05, 3.63) is 0 Å². The zero-order chi connectivity index (χ0) is 7.90. The number of rotatable bonds is 1. The molecule has 2 aliphatic rings. The highest BCUT2D eigenvalue weighted by Crippen LogP contribution is 2.45. The molecule has 2 rings (SSSR count). The van der Waals surface area contributed by atoms with Crippen LogP contribution >= 0.6 is 0 Å². The normalized spacial score (nSPS) is 38.5. The van der Waals surface area contributed by atoms with Crippen molar-refractivity contribution in [3.63, 3.8) is 0 Å². The Hall–Kier alpha value is -0.530. The van der Waals surface area contributed by atoms with E-state index in [4.69, 9.17) is 0 Å². The molecule has 11 heavy (non-hydrogen) atoms. The molecular formula is C9H15NO. The third-order valence-electron chi connectivity index (χ3n) is 3.34. The maximum absolute atomic E-state index is 11.0. The summed E-state index contributed by atoms with van der Waals surface area (Å²) in [4.78, 5) is 11.0. The summed E-state index contributed by atoms with van der Waals surface area (Å²) in [6, 6.07) is 0. The maximum atomic E-state index is 11.0. The van der Waals surface area contributed by atoms with Crippen molar-refractivity contribution in [2.24, 2.45) is 11.3 Å². The minimum Gasteiger partial charge on any atom is -0.356 e. The van der Waals surface area contributed by atoms with Crippen LogP contribution in [0.1, 0.15) is 32.6 Å². The monoisotopic (exact) mass is 153 g/mol. The molecule has 1 aliphatic heterocycles. The number of carbonyl (C=O) groups excluding carboxylic acids is 1. The van der Waals surface area contributed by atoms with E-state index in [0.717, 1.165) is 18.9 Å². The molecule has 2 heteroatoms. The standard InChI is InChI=1S/C9H15NO/c1-9(7-3-2-4-7)5-8(11)10-6-9/h7H,2-6H2,1H3,(H,10,11). The molecule has 1 heterocycles. The van der Waals surface area contributed by atoms with Crippen LogP contribution in [0.15, 0.2) is 0 Å². The lowest BCUT2D eigenvalue weighted by Crippen LogP contribution is -2.34. The molecular weight excluding hydrogens is 138 g/mol. The van der Waals surface area contributed by atoms with E-state index in [0.29, 0.717) is 5.41 Å². The minimum absolute atomic E-state index is 0.249. The van der Waals surface area contributed by atoms with E-state index in [1.807, 2.05) is 0 Å². The van der Waals surface area contributed by atoms with Gasteiger partial charge in [0, 0.05) is 13.0 Å². The third kappa shape index (κ3) is 1.05. The first kappa shape index (κ1) is 7.14. The summed E-state index contributed by atoms with van der Waals surface area (Å²) in [6.45, 7) is 3.16. The largest absolute Gasteiger partial charge is 0.356 e. The van der Waals surface area contributed by atoms with E-state index in [2.05, 4.69) is 12.2 Å². The van der Waals surface area contributed by atoms with Crippen molar-refractivity contribution in [2.75, 3.05) is 6.54 Å². The van der Waals surface area contributed by atoms with Gasteiger partial charge in [-0.15, -0.1) is 0 Å². The van der Waals surface area contributed by atoms with Gasteiger partial charge in [0.15, 0.2) is 0 Å². The third-order valence-corrected chi connectivity index (χ3v) is 3.34. The van der Waals surface area contributed by atoms with Crippen molar-refractivity contribution in [3.8, 4) is 0 Å². The molecule has 0 aromatic carbocycles. The average molecular weight is 153 g/mol. The molecule has 1 N–H and O–H groups in total. The fourth-order valence-electron chi connectivity index (χ4n) is 2.19. The van der Waals surface area contributed by atoms with Gasteiger partial charge in [-0.1, -0.05) is 13.3 Å². The molecule has 0 bridgehead atoms. The number of amides is 1. The second-order valence-corrected chi connectivity index (χ2v) is 4.24. The summed E-state index contributed by atoms with van der Waals surface area (Å²) in [6.07, 6.45) is 4.81. The van der Waals surface area contributed by atoms with Crippen molar-refractivity contribution in [2.45, 2.75) is 32.6 Å². The second kappa shape index (κ2) is 2.23. The molecule has 1 saturated heterocycles. The number of carbonyl (C=O) groups is 1. The maximum Gasteiger partial charge on any atom is 0.220 e. The van der Waals surface area contributed by atoms with E-state index in [9.17, 15) is 4.79 Å². The predicted octanol–water partition coefficient (Wildman–Crippen LogP) is 1.31. The molecule has 1 atom stereocenters. The SMILES string of the molecule is CC1(C2CCC2)CNC(=O)C1. The summed E-state index contributed by atoms with van der Waals surface area (Å²) >= 11 is 0. The van der Waals surface area contributed by atoms with Crippen LogP contribution in [0.3, 0.4) is 0 Å². The summed E-state index contributed by atoms with van der Waals surface area (Å²) < 4.78 is 0. The Morgan fingerprint density at radius 3 is 2.64 bits per heavy atom. The Kier molecular flexibility index (Phi) is 1.44. The fraction of sp³-hybridized carbons (Fsp3) is 0.889. The summed E-state index contributed by atoms with van der Waals surface area (Å²) in [5.41, 5.74) is 0.301. The number of hydrogen-bond acceptors (Lipinski definition) is 1. The molecule has 1 amide bonds. The zero-order valence-corrected chi connectivity index (χ0v) is 7.02. The summed E-state index contributed by atoms with van der Waals surface area (Å²) in [7, 11) is 0. The Morgan fingerprint density at radius 2 is 2.27 bits per heavy atom. The molecule has 0 aromatic rings. The average Bonchev–Trinajstić information content (AvgIpc) is 2.06. The molecule has 0 radical (unpaired) electrons. The Balaban J connectivity index is 2.03. The van der Waals surface area contributed by atoms with Gasteiger partial charge < -0.3 is 5.32 Å². The van der Waals surface area contributed by atoms with Crippen LogP contribution in [0, 0.1) is 11.3 Å². The first-order chi connectivity index (χ1) is 5.21. The highest BCUT2D eigenvalue weighted by atomic mass is 16.1. The summed E-state index contributed by atoms with van der Waals surface area (Å²) in [5, 5.41) is 2.92. The van der Waals surface area contributed by atoms with Crippen molar-refractivity contribution < 1.29 is 4.79 Å². The van der Waals surface area contributed by atoms with E-state index in [-0.39, 0.29) is 5.91 Å². The Morgan fingerprint density at radius 1 is 1.55 bits per heavy atom. The van der Waals surface area contributed by atoms with E-state index in [1.165, 1.54) is 19.3 Å². The fourth-order valence-corrected chi connectivity index (χ4v) is 2.19. The molecule has 1 unspecified atom stereocenters. The lowest BCUT2D eigenvalue weighted by atomic mass is 9.66. The van der Waals surface area contributed by atoms with Gasteiger partial charge in [-0.05, 0) is 24.2 Å². The number of hydrogen-bond donors (Lipinski definition) is 1. The van der Waals surface area contributed by atoms with Gasteiger partial charge in [0.1, 0.15) is 0 Å². The topological polar surface area (TPSA) is 29.1 Å². The smallest absolute Gasteiger partial charge is 0.220 e. The predicted molar refractivity (Wildman–Crippen MR) is 43.1 cm³/mol. The highest BCUT2D eigenvalue weighted by molar-refractivity contribution is 5.79.